The van der Waals surface area contributed by atoms with Crippen LogP contribution < -0.4 is 35.4 Å². The van der Waals surface area contributed by atoms with Gasteiger partial charge in [0.2, 0.25) is 0 Å². The van der Waals surface area contributed by atoms with Gasteiger partial charge in [-0.05, 0) is 30.1 Å². The van der Waals surface area contributed by atoms with E-state index in [4.69, 9.17) is 0 Å². The van der Waals surface area contributed by atoms with E-state index in [-0.39, 0.29) is 51.0 Å². The van der Waals surface area contributed by atoms with Crippen molar-refractivity contribution >= 4 is 30.0 Å². The molecule has 0 spiro atoms. The van der Waals surface area contributed by atoms with Gasteiger partial charge in [-0.15, -0.1) is 58.9 Å². The summed E-state index contributed by atoms with van der Waals surface area (Å²) in [5.41, 5.74) is 2.97. The molecular weight excluding hydrogens is 493 g/mol. The maximum atomic E-state index is 2.37. The summed E-state index contributed by atoms with van der Waals surface area (Å²) in [7, 11) is 0.759. The fourth-order valence-electron chi connectivity index (χ4n) is 3.76. The monoisotopic (exact) mass is 516 g/mol. The fraction of sp³-hybridized carbons (Fsp3) is 0.200. The molecule has 4 heteroatoms. The van der Waals surface area contributed by atoms with Gasteiger partial charge in [-0.3, -0.25) is 0 Å². The second-order valence-corrected chi connectivity index (χ2v) is 8.49. The molecule has 0 bridgehead atoms. The quantitative estimate of drug-likeness (QED) is 0.331. The molecule has 2 atom stereocenters. The molecule has 0 aliphatic heterocycles. The van der Waals surface area contributed by atoms with Crippen LogP contribution in [0.3, 0.4) is 0 Å². The Morgan fingerprint density at radius 2 is 1.76 bits per heavy atom. The van der Waals surface area contributed by atoms with Gasteiger partial charge in [-0.2, -0.15) is 6.07 Å². The molecule has 0 heterocycles. The molecule has 0 aromatic heterocycles. The summed E-state index contributed by atoms with van der Waals surface area (Å²) in [6.45, 7) is 2.19. The largest absolute Gasteiger partial charge is 4.00 e. The van der Waals surface area contributed by atoms with Crippen LogP contribution in [-0.2, 0) is 26.2 Å². The SMILES string of the molecule is C1=CCC2CC[CH-]C2=C1.Cc1ccccc1Pc1cc2ccccc2[cH-]1.[Cl-].[Cl-].[Zr+4]. The zero-order valence-electron chi connectivity index (χ0n) is 16.5. The first kappa shape index (κ1) is 26.3. The van der Waals surface area contributed by atoms with Gasteiger partial charge < -0.3 is 24.8 Å². The summed E-state index contributed by atoms with van der Waals surface area (Å²) in [4.78, 5) is 0. The molecule has 29 heavy (non-hydrogen) atoms. The first-order valence-electron chi connectivity index (χ1n) is 9.48. The van der Waals surface area contributed by atoms with Crippen LogP contribution in [0.5, 0.6) is 0 Å². The Bertz CT molecular complexity index is 925. The van der Waals surface area contributed by atoms with Gasteiger partial charge in [0.15, 0.2) is 0 Å². The van der Waals surface area contributed by atoms with Crippen LogP contribution in [0.1, 0.15) is 24.8 Å². The number of allylic oxidation sites excluding steroid dienone is 4. The van der Waals surface area contributed by atoms with Gasteiger partial charge in [0.05, 0.1) is 0 Å². The van der Waals surface area contributed by atoms with Crippen molar-refractivity contribution in [3.8, 4) is 0 Å². The minimum atomic E-state index is 0. The summed E-state index contributed by atoms with van der Waals surface area (Å²) >= 11 is 0. The average molecular weight is 519 g/mol. The first-order chi connectivity index (χ1) is 12.8. The van der Waals surface area contributed by atoms with Crippen molar-refractivity contribution in [2.24, 2.45) is 5.92 Å². The molecule has 1 fully saturated rings. The van der Waals surface area contributed by atoms with Crippen LogP contribution in [0.2, 0.25) is 0 Å². The number of benzene rings is 2. The predicted octanol–water partition coefficient (Wildman–Crippen LogP) is -0.0111. The predicted molar refractivity (Wildman–Crippen MR) is 117 cm³/mol. The molecule has 5 rings (SSSR count). The van der Waals surface area contributed by atoms with Crippen LogP contribution in [0.15, 0.2) is 84.5 Å². The van der Waals surface area contributed by atoms with Crippen LogP contribution in [0, 0.1) is 19.3 Å². The van der Waals surface area contributed by atoms with Gasteiger partial charge in [0.1, 0.15) is 0 Å². The molecule has 2 aliphatic carbocycles. The minimum Gasteiger partial charge on any atom is -1.00 e. The van der Waals surface area contributed by atoms with Crippen LogP contribution >= 0.6 is 8.58 Å². The molecule has 2 unspecified atom stereocenters. The van der Waals surface area contributed by atoms with E-state index in [1.807, 2.05) is 0 Å². The van der Waals surface area contributed by atoms with E-state index >= 15 is 0 Å². The van der Waals surface area contributed by atoms with E-state index in [9.17, 15) is 0 Å². The number of fused-ring (bicyclic) bond motifs is 2. The van der Waals surface area contributed by atoms with Crippen LogP contribution in [0.25, 0.3) is 10.8 Å². The van der Waals surface area contributed by atoms with E-state index in [0.29, 0.717) is 0 Å². The molecule has 3 aromatic carbocycles. The zero-order chi connectivity index (χ0) is 17.8. The Morgan fingerprint density at radius 3 is 2.52 bits per heavy atom. The fourth-order valence-corrected chi connectivity index (χ4v) is 4.98. The molecule has 1 saturated carbocycles. The standard InChI is InChI=1S/C16H14P.C9H11.2ClH.Zr/c1-12-6-2-5-9-16(12)17-15-10-13-7-3-4-8-14(13)11-15;1-2-5-9-7-3-6-8(9)4-1;;;/h2-11,17H,1H3;1-2,4,6,9H,3,5,7H2;2*1H;/q2*-1;;;+4/p-2. The van der Waals surface area contributed by atoms with Gasteiger partial charge in [0, 0.05) is 0 Å². The van der Waals surface area contributed by atoms with E-state index < -0.39 is 0 Å². The number of aryl methyl sites for hydroxylation is 1. The van der Waals surface area contributed by atoms with Gasteiger partial charge in [0.25, 0.3) is 0 Å². The smallest absolute Gasteiger partial charge is 1.00 e. The minimum absolute atomic E-state index is 0. The second kappa shape index (κ2) is 12.9. The molecule has 0 saturated heterocycles. The maximum absolute atomic E-state index is 2.37. The maximum Gasteiger partial charge on any atom is 4.00 e. The van der Waals surface area contributed by atoms with Crippen molar-refractivity contribution < 1.29 is 51.0 Å². The molecule has 3 aromatic rings. The Labute approximate surface area is 208 Å². The summed E-state index contributed by atoms with van der Waals surface area (Å²) in [6, 6.07) is 21.8. The Morgan fingerprint density at radius 1 is 1.00 bits per heavy atom. The first-order valence-corrected chi connectivity index (χ1v) is 10.5. The number of hydrogen-bond acceptors (Lipinski definition) is 0. The van der Waals surface area contributed by atoms with Crippen molar-refractivity contribution in [2.45, 2.75) is 26.2 Å². The Hall–Kier alpha value is -0.707. The van der Waals surface area contributed by atoms with Crippen LogP contribution in [0.4, 0.5) is 0 Å². The third-order valence-electron chi connectivity index (χ3n) is 5.25. The molecule has 0 amide bonds. The molecule has 0 N–H and O–H groups in total. The third kappa shape index (κ3) is 6.90. The van der Waals surface area contributed by atoms with Crippen LogP contribution in [-0.4, -0.2) is 0 Å². The van der Waals surface area contributed by atoms with E-state index in [0.717, 1.165) is 14.5 Å². The zero-order valence-corrected chi connectivity index (χ0v) is 21.5. The number of rotatable bonds is 2. The van der Waals surface area contributed by atoms with E-state index in [1.54, 1.807) is 5.57 Å². The molecule has 0 nitrogen and oxygen atoms in total. The molecule has 148 valence electrons. The topological polar surface area (TPSA) is 0 Å². The van der Waals surface area contributed by atoms with Crippen molar-refractivity contribution in [2.75, 3.05) is 0 Å². The summed E-state index contributed by atoms with van der Waals surface area (Å²) < 4.78 is 0. The molecule has 0 radical (unpaired) electrons. The summed E-state index contributed by atoms with van der Waals surface area (Å²) in [5, 5.41) is 5.58. The Kier molecular flexibility index (Phi) is 11.7. The van der Waals surface area contributed by atoms with Crippen molar-refractivity contribution in [3.63, 3.8) is 0 Å². The normalized spacial score (nSPS) is 16.4. The average Bonchev–Trinajstić information content (AvgIpc) is 3.30. The molecule has 2 aliphatic rings. The van der Waals surface area contributed by atoms with E-state index in [1.165, 1.54) is 46.2 Å². The van der Waals surface area contributed by atoms with Crippen molar-refractivity contribution in [1.82, 2.24) is 0 Å². The van der Waals surface area contributed by atoms with Gasteiger partial charge in [-0.1, -0.05) is 45.3 Å². The second-order valence-electron chi connectivity index (χ2n) is 7.12. The van der Waals surface area contributed by atoms with Crippen molar-refractivity contribution in [1.29, 1.82) is 0 Å². The summed E-state index contributed by atoms with van der Waals surface area (Å²) in [5.74, 6) is 0.884. The number of hydrogen-bond donors (Lipinski definition) is 0. The third-order valence-corrected chi connectivity index (χ3v) is 6.66. The van der Waals surface area contributed by atoms with E-state index in [2.05, 4.69) is 92.2 Å². The van der Waals surface area contributed by atoms with Crippen molar-refractivity contribution in [3.05, 3.63) is 96.4 Å². The summed E-state index contributed by atoms with van der Waals surface area (Å²) in [6.07, 6.45) is 13.0. The number of halogens is 2. The van der Waals surface area contributed by atoms with Gasteiger partial charge >= 0.3 is 26.2 Å². The van der Waals surface area contributed by atoms with Gasteiger partial charge in [-0.25, -0.2) is 18.1 Å². The molecular formula is C25H25Cl2PZr. The Balaban J connectivity index is 0.000000302.